The zero-order valence-corrected chi connectivity index (χ0v) is 16.6. The zero-order valence-electron chi connectivity index (χ0n) is 14.8. The number of anilines is 2. The van der Waals surface area contributed by atoms with Crippen molar-refractivity contribution in [3.63, 3.8) is 0 Å². The predicted octanol–water partition coefficient (Wildman–Crippen LogP) is 4.65. The van der Waals surface area contributed by atoms with Crippen LogP contribution in [0.2, 0.25) is 0 Å². The predicted molar refractivity (Wildman–Crippen MR) is 113 cm³/mol. The minimum Gasteiger partial charge on any atom is -0.397 e. The molecule has 1 amide bonds. The van der Waals surface area contributed by atoms with Gasteiger partial charge in [-0.2, -0.15) is 0 Å². The van der Waals surface area contributed by atoms with E-state index in [0.29, 0.717) is 23.4 Å². The van der Waals surface area contributed by atoms with Gasteiger partial charge in [-0.15, -0.1) is 11.3 Å². The van der Waals surface area contributed by atoms with Crippen molar-refractivity contribution < 1.29 is 14.3 Å². The molecule has 0 spiro atoms. The first-order valence-electron chi connectivity index (χ1n) is 8.50. The van der Waals surface area contributed by atoms with E-state index < -0.39 is 8.03 Å². The van der Waals surface area contributed by atoms with Crippen molar-refractivity contribution in [1.82, 2.24) is 0 Å². The van der Waals surface area contributed by atoms with E-state index >= 15 is 0 Å². The van der Waals surface area contributed by atoms with Crippen LogP contribution < -0.4 is 11.1 Å². The number of nitrogen functional groups attached to an aromatic ring is 1. The zero-order chi connectivity index (χ0) is 19.4. The molecule has 1 heterocycles. The van der Waals surface area contributed by atoms with Gasteiger partial charge in [-0.1, -0.05) is 31.2 Å². The van der Waals surface area contributed by atoms with E-state index in [1.807, 2.05) is 35.7 Å². The Morgan fingerprint density at radius 2 is 2.04 bits per heavy atom. The quantitative estimate of drug-likeness (QED) is 0.415. The van der Waals surface area contributed by atoms with Crippen LogP contribution in [-0.4, -0.2) is 16.5 Å². The third-order valence-electron chi connectivity index (χ3n) is 4.26. The summed E-state index contributed by atoms with van der Waals surface area (Å²) in [5.41, 5.74) is 9.08. The summed E-state index contributed by atoms with van der Waals surface area (Å²) in [6.07, 6.45) is 0.450. The maximum Gasteiger partial charge on any atom is 0.255 e. The number of nitrogens with one attached hydrogen (secondary N) is 1. The third kappa shape index (κ3) is 4.86. The SMILES string of the molecule is CC(Cc1cccc(C(=O)Nc2cc(-c3cccs3)ccc2N)c1)[PH](=O)O. The number of benzene rings is 2. The molecule has 2 unspecified atom stereocenters. The Kier molecular flexibility index (Phi) is 6.11. The summed E-state index contributed by atoms with van der Waals surface area (Å²) in [5, 5.41) is 4.87. The monoisotopic (exact) mass is 400 g/mol. The molecule has 140 valence electrons. The molecule has 0 saturated carbocycles. The van der Waals surface area contributed by atoms with Gasteiger partial charge in [-0.25, -0.2) is 0 Å². The van der Waals surface area contributed by atoms with Crippen LogP contribution in [0.15, 0.2) is 60.0 Å². The van der Waals surface area contributed by atoms with Crippen molar-refractivity contribution in [2.75, 3.05) is 11.1 Å². The number of hydrogen-bond acceptors (Lipinski definition) is 4. The summed E-state index contributed by atoms with van der Waals surface area (Å²) in [6.45, 7) is 1.73. The third-order valence-corrected chi connectivity index (χ3v) is 6.23. The average Bonchev–Trinajstić information content (AvgIpc) is 3.18. The second-order valence-electron chi connectivity index (χ2n) is 6.38. The van der Waals surface area contributed by atoms with E-state index in [1.165, 1.54) is 0 Å². The fourth-order valence-corrected chi connectivity index (χ4v) is 3.87. The lowest BCUT2D eigenvalue weighted by Gasteiger charge is -2.12. The number of hydrogen-bond donors (Lipinski definition) is 3. The van der Waals surface area contributed by atoms with Gasteiger partial charge in [-0.3, -0.25) is 9.36 Å². The maximum absolute atomic E-state index is 12.7. The highest BCUT2D eigenvalue weighted by Gasteiger charge is 2.13. The van der Waals surface area contributed by atoms with Crippen LogP contribution in [0, 0.1) is 0 Å². The van der Waals surface area contributed by atoms with Gasteiger partial charge < -0.3 is 15.9 Å². The first-order chi connectivity index (χ1) is 12.9. The summed E-state index contributed by atoms with van der Waals surface area (Å²) in [7, 11) is -2.59. The van der Waals surface area contributed by atoms with Gasteiger partial charge in [-0.05, 0) is 53.3 Å². The van der Waals surface area contributed by atoms with Crippen LogP contribution >= 0.6 is 19.4 Å². The molecule has 0 radical (unpaired) electrons. The first kappa shape index (κ1) is 19.4. The number of rotatable bonds is 6. The summed E-state index contributed by atoms with van der Waals surface area (Å²) in [6, 6.07) is 16.6. The normalized spacial score (nSPS) is 13.1. The van der Waals surface area contributed by atoms with Gasteiger partial charge in [0.05, 0.1) is 11.4 Å². The van der Waals surface area contributed by atoms with Crippen LogP contribution in [0.1, 0.15) is 22.8 Å². The lowest BCUT2D eigenvalue weighted by Crippen LogP contribution is -2.14. The molecule has 0 fully saturated rings. The number of amides is 1. The standard InChI is InChI=1S/C20H21N2O3PS/c1-13(26(24)25)10-14-4-2-5-16(11-14)20(23)22-18-12-15(7-8-17(18)21)19-6-3-9-27-19/h2-9,11-13,26H,10,21H2,1H3,(H,22,23)(H,24,25). The van der Waals surface area contributed by atoms with Gasteiger partial charge in [0.2, 0.25) is 0 Å². The topological polar surface area (TPSA) is 92.4 Å². The van der Waals surface area contributed by atoms with Crippen molar-refractivity contribution in [3.05, 3.63) is 71.1 Å². The Balaban J connectivity index is 1.79. The smallest absolute Gasteiger partial charge is 0.255 e. The number of carbonyl (C=O) groups is 1. The summed E-state index contributed by atoms with van der Waals surface area (Å²) < 4.78 is 11.2. The highest BCUT2D eigenvalue weighted by Crippen LogP contribution is 2.30. The molecule has 0 aliphatic carbocycles. The molecule has 1 aromatic heterocycles. The number of carbonyl (C=O) groups excluding carboxylic acids is 1. The van der Waals surface area contributed by atoms with E-state index in [1.54, 1.807) is 42.5 Å². The lowest BCUT2D eigenvalue weighted by molar-refractivity contribution is 0.102. The van der Waals surface area contributed by atoms with Crippen molar-refractivity contribution in [2.45, 2.75) is 19.0 Å². The Morgan fingerprint density at radius 3 is 2.74 bits per heavy atom. The minimum atomic E-state index is -2.59. The van der Waals surface area contributed by atoms with Gasteiger partial charge in [0.15, 0.2) is 8.03 Å². The second kappa shape index (κ2) is 8.53. The van der Waals surface area contributed by atoms with Crippen molar-refractivity contribution in [2.24, 2.45) is 0 Å². The van der Waals surface area contributed by atoms with E-state index in [9.17, 15) is 14.3 Å². The van der Waals surface area contributed by atoms with Crippen LogP contribution in [0.4, 0.5) is 11.4 Å². The highest BCUT2D eigenvalue weighted by atomic mass is 32.1. The Bertz CT molecular complexity index is 973. The lowest BCUT2D eigenvalue weighted by atomic mass is 10.1. The van der Waals surface area contributed by atoms with Crippen molar-refractivity contribution >= 4 is 36.6 Å². The molecule has 2 aromatic carbocycles. The minimum absolute atomic E-state index is 0.267. The van der Waals surface area contributed by atoms with Crippen LogP contribution in [-0.2, 0) is 11.0 Å². The van der Waals surface area contributed by atoms with E-state index in [4.69, 9.17) is 5.73 Å². The van der Waals surface area contributed by atoms with Gasteiger partial charge in [0, 0.05) is 16.1 Å². The molecular weight excluding hydrogens is 379 g/mol. The van der Waals surface area contributed by atoms with Crippen LogP contribution in [0.5, 0.6) is 0 Å². The van der Waals surface area contributed by atoms with E-state index in [-0.39, 0.29) is 11.6 Å². The van der Waals surface area contributed by atoms with Gasteiger partial charge in [0.25, 0.3) is 5.91 Å². The molecule has 4 N–H and O–H groups in total. The van der Waals surface area contributed by atoms with E-state index in [0.717, 1.165) is 16.0 Å². The Hall–Kier alpha value is -2.40. The van der Waals surface area contributed by atoms with Gasteiger partial charge >= 0.3 is 0 Å². The molecule has 5 nitrogen and oxygen atoms in total. The van der Waals surface area contributed by atoms with Crippen molar-refractivity contribution in [1.29, 1.82) is 0 Å². The van der Waals surface area contributed by atoms with Gasteiger partial charge in [0.1, 0.15) is 0 Å². The molecular formula is C20H21N2O3PS. The fraction of sp³-hybridized carbons (Fsp3) is 0.150. The summed E-state index contributed by atoms with van der Waals surface area (Å²) in [5.74, 6) is -0.267. The summed E-state index contributed by atoms with van der Waals surface area (Å²) in [4.78, 5) is 23.0. The largest absolute Gasteiger partial charge is 0.397 e. The van der Waals surface area contributed by atoms with Crippen LogP contribution in [0.3, 0.4) is 0 Å². The fourth-order valence-electron chi connectivity index (χ4n) is 2.74. The highest BCUT2D eigenvalue weighted by molar-refractivity contribution is 7.38. The Labute approximate surface area is 162 Å². The summed E-state index contributed by atoms with van der Waals surface area (Å²) >= 11 is 1.62. The molecule has 3 aromatic rings. The Morgan fingerprint density at radius 1 is 1.22 bits per heavy atom. The molecule has 0 aliphatic rings. The molecule has 2 atom stereocenters. The number of nitrogens with two attached hydrogens (primary N) is 1. The van der Waals surface area contributed by atoms with Crippen LogP contribution in [0.25, 0.3) is 10.4 Å². The first-order valence-corrected chi connectivity index (χ1v) is 10.8. The second-order valence-corrected chi connectivity index (χ2v) is 8.99. The van der Waals surface area contributed by atoms with Crippen molar-refractivity contribution in [3.8, 4) is 10.4 Å². The molecule has 7 heteroatoms. The molecule has 3 rings (SSSR count). The molecule has 0 aliphatic heterocycles. The number of thiophene rings is 1. The average molecular weight is 400 g/mol. The maximum atomic E-state index is 12.7. The molecule has 27 heavy (non-hydrogen) atoms. The van der Waals surface area contributed by atoms with E-state index in [2.05, 4.69) is 5.32 Å². The molecule has 0 saturated heterocycles. The molecule has 0 bridgehead atoms.